The summed E-state index contributed by atoms with van der Waals surface area (Å²) in [5, 5.41) is 0. The van der Waals surface area contributed by atoms with Crippen molar-refractivity contribution >= 4 is 5.78 Å². The number of hydrogen-bond acceptors (Lipinski definition) is 3. The van der Waals surface area contributed by atoms with Crippen LogP contribution in [0.25, 0.3) is 11.1 Å². The average Bonchev–Trinajstić information content (AvgIpc) is 2.39. The number of pyridine rings is 1. The third-order valence-electron chi connectivity index (χ3n) is 2.59. The number of methoxy groups -OCH3 is 1. The highest BCUT2D eigenvalue weighted by atomic mass is 16.5. The SMILES string of the molecule is COc1cc(-c2ccncc2)ccc1C(C)=O. The van der Waals surface area contributed by atoms with E-state index in [9.17, 15) is 4.79 Å². The Labute approximate surface area is 100 Å². The lowest BCUT2D eigenvalue weighted by atomic mass is 10.0. The third kappa shape index (κ3) is 2.33. The summed E-state index contributed by atoms with van der Waals surface area (Å²) >= 11 is 0. The Bertz CT molecular complexity index is 535. The van der Waals surface area contributed by atoms with E-state index >= 15 is 0 Å². The summed E-state index contributed by atoms with van der Waals surface area (Å²) in [4.78, 5) is 15.4. The van der Waals surface area contributed by atoms with Crippen LogP contribution in [0.1, 0.15) is 17.3 Å². The molecule has 0 aliphatic heterocycles. The smallest absolute Gasteiger partial charge is 0.163 e. The average molecular weight is 227 g/mol. The number of carbonyl (C=O) groups excluding carboxylic acids is 1. The summed E-state index contributed by atoms with van der Waals surface area (Å²) < 4.78 is 5.23. The summed E-state index contributed by atoms with van der Waals surface area (Å²) in [6.07, 6.45) is 3.47. The quantitative estimate of drug-likeness (QED) is 0.757. The fourth-order valence-electron chi connectivity index (χ4n) is 1.71. The molecule has 0 aliphatic rings. The molecular weight excluding hydrogens is 214 g/mol. The standard InChI is InChI=1S/C14H13NO2/c1-10(16)13-4-3-12(9-14(13)17-2)11-5-7-15-8-6-11/h3-9H,1-2H3. The predicted octanol–water partition coefficient (Wildman–Crippen LogP) is 2.96. The number of rotatable bonds is 3. The first-order valence-corrected chi connectivity index (χ1v) is 5.31. The molecule has 2 aromatic rings. The number of carbonyl (C=O) groups is 1. The minimum absolute atomic E-state index is 0.00290. The van der Waals surface area contributed by atoms with Crippen LogP contribution in [0, 0.1) is 0 Å². The van der Waals surface area contributed by atoms with Crippen LogP contribution in [-0.2, 0) is 0 Å². The van der Waals surface area contributed by atoms with Gasteiger partial charge in [0.25, 0.3) is 0 Å². The highest BCUT2D eigenvalue weighted by Gasteiger charge is 2.09. The van der Waals surface area contributed by atoms with Crippen molar-refractivity contribution in [2.75, 3.05) is 7.11 Å². The molecule has 1 heterocycles. The molecule has 0 fully saturated rings. The Kier molecular flexibility index (Phi) is 3.19. The van der Waals surface area contributed by atoms with Gasteiger partial charge in [-0.1, -0.05) is 6.07 Å². The van der Waals surface area contributed by atoms with Crippen LogP contribution in [-0.4, -0.2) is 17.9 Å². The number of hydrogen-bond donors (Lipinski definition) is 0. The molecule has 0 bridgehead atoms. The van der Waals surface area contributed by atoms with Gasteiger partial charge in [0.2, 0.25) is 0 Å². The van der Waals surface area contributed by atoms with Crippen molar-refractivity contribution in [3.05, 3.63) is 48.3 Å². The minimum Gasteiger partial charge on any atom is -0.496 e. The van der Waals surface area contributed by atoms with Crippen molar-refractivity contribution < 1.29 is 9.53 Å². The van der Waals surface area contributed by atoms with Gasteiger partial charge in [-0.3, -0.25) is 9.78 Å². The Morgan fingerprint density at radius 2 is 1.82 bits per heavy atom. The number of benzene rings is 1. The number of ether oxygens (including phenoxy) is 1. The lowest BCUT2D eigenvalue weighted by molar-refractivity contribution is 0.101. The molecule has 2 rings (SSSR count). The molecule has 0 amide bonds. The van der Waals surface area contributed by atoms with E-state index < -0.39 is 0 Å². The van der Waals surface area contributed by atoms with Gasteiger partial charge in [0.1, 0.15) is 5.75 Å². The van der Waals surface area contributed by atoms with Gasteiger partial charge in [0, 0.05) is 12.4 Å². The molecule has 0 N–H and O–H groups in total. The van der Waals surface area contributed by atoms with Crippen molar-refractivity contribution in [2.24, 2.45) is 0 Å². The van der Waals surface area contributed by atoms with E-state index in [-0.39, 0.29) is 5.78 Å². The fraction of sp³-hybridized carbons (Fsp3) is 0.143. The van der Waals surface area contributed by atoms with Crippen LogP contribution in [0.4, 0.5) is 0 Å². The summed E-state index contributed by atoms with van der Waals surface area (Å²) in [7, 11) is 1.57. The fourth-order valence-corrected chi connectivity index (χ4v) is 1.71. The van der Waals surface area contributed by atoms with Crippen molar-refractivity contribution in [3.8, 4) is 16.9 Å². The van der Waals surface area contributed by atoms with Crippen LogP contribution in [0.5, 0.6) is 5.75 Å². The Morgan fingerprint density at radius 1 is 1.12 bits per heavy atom. The molecule has 1 aromatic heterocycles. The molecule has 0 radical (unpaired) electrons. The largest absolute Gasteiger partial charge is 0.496 e. The van der Waals surface area contributed by atoms with Gasteiger partial charge in [-0.25, -0.2) is 0 Å². The van der Waals surface area contributed by atoms with E-state index in [1.165, 1.54) is 6.92 Å². The molecule has 86 valence electrons. The number of aromatic nitrogens is 1. The Hall–Kier alpha value is -2.16. The zero-order valence-corrected chi connectivity index (χ0v) is 9.81. The lowest BCUT2D eigenvalue weighted by Crippen LogP contribution is -1.97. The maximum atomic E-state index is 11.4. The zero-order chi connectivity index (χ0) is 12.3. The first kappa shape index (κ1) is 11.3. The van der Waals surface area contributed by atoms with E-state index in [4.69, 9.17) is 4.74 Å². The van der Waals surface area contributed by atoms with E-state index in [1.807, 2.05) is 24.3 Å². The molecule has 3 heteroatoms. The van der Waals surface area contributed by atoms with E-state index in [2.05, 4.69) is 4.98 Å². The molecule has 0 spiro atoms. The normalized spacial score (nSPS) is 10.0. The van der Waals surface area contributed by atoms with Gasteiger partial charge in [-0.05, 0) is 42.3 Å². The van der Waals surface area contributed by atoms with Gasteiger partial charge >= 0.3 is 0 Å². The second kappa shape index (κ2) is 4.78. The van der Waals surface area contributed by atoms with Crippen LogP contribution in [0.2, 0.25) is 0 Å². The maximum absolute atomic E-state index is 11.4. The van der Waals surface area contributed by atoms with Crippen molar-refractivity contribution in [3.63, 3.8) is 0 Å². The second-order valence-corrected chi connectivity index (χ2v) is 3.71. The predicted molar refractivity (Wildman–Crippen MR) is 66.2 cm³/mol. The van der Waals surface area contributed by atoms with Crippen molar-refractivity contribution in [2.45, 2.75) is 6.92 Å². The first-order chi connectivity index (χ1) is 8.22. The molecule has 0 saturated carbocycles. The van der Waals surface area contributed by atoms with Gasteiger partial charge in [-0.2, -0.15) is 0 Å². The minimum atomic E-state index is 0.00290. The topological polar surface area (TPSA) is 39.2 Å². The monoisotopic (exact) mass is 227 g/mol. The molecule has 0 unspecified atom stereocenters. The van der Waals surface area contributed by atoms with E-state index in [0.717, 1.165) is 11.1 Å². The molecular formula is C14H13NO2. The van der Waals surface area contributed by atoms with E-state index in [0.29, 0.717) is 11.3 Å². The van der Waals surface area contributed by atoms with Crippen LogP contribution < -0.4 is 4.74 Å². The van der Waals surface area contributed by atoms with Crippen molar-refractivity contribution in [1.29, 1.82) is 0 Å². The molecule has 0 aliphatic carbocycles. The maximum Gasteiger partial charge on any atom is 0.163 e. The summed E-state index contributed by atoms with van der Waals surface area (Å²) in [5.41, 5.74) is 2.66. The number of nitrogens with zero attached hydrogens (tertiary/aromatic N) is 1. The highest BCUT2D eigenvalue weighted by molar-refractivity contribution is 5.97. The second-order valence-electron chi connectivity index (χ2n) is 3.71. The van der Waals surface area contributed by atoms with Gasteiger partial charge in [0.15, 0.2) is 5.78 Å². The molecule has 1 aromatic carbocycles. The third-order valence-corrected chi connectivity index (χ3v) is 2.59. The summed E-state index contributed by atoms with van der Waals surface area (Å²) in [6, 6.07) is 9.40. The van der Waals surface area contributed by atoms with Crippen LogP contribution in [0.15, 0.2) is 42.7 Å². The number of ketones is 1. The Morgan fingerprint density at radius 3 is 2.41 bits per heavy atom. The number of Topliss-reactive ketones (excluding diaryl/α,β-unsaturated/α-hetero) is 1. The Balaban J connectivity index is 2.49. The van der Waals surface area contributed by atoms with Gasteiger partial charge in [-0.15, -0.1) is 0 Å². The lowest BCUT2D eigenvalue weighted by Gasteiger charge is -2.08. The van der Waals surface area contributed by atoms with Crippen LogP contribution in [0.3, 0.4) is 0 Å². The van der Waals surface area contributed by atoms with E-state index in [1.54, 1.807) is 25.6 Å². The molecule has 0 saturated heterocycles. The van der Waals surface area contributed by atoms with Crippen molar-refractivity contribution in [1.82, 2.24) is 4.98 Å². The summed E-state index contributed by atoms with van der Waals surface area (Å²) in [6.45, 7) is 1.53. The molecule has 0 atom stereocenters. The molecule has 3 nitrogen and oxygen atoms in total. The highest BCUT2D eigenvalue weighted by Crippen LogP contribution is 2.27. The van der Waals surface area contributed by atoms with Gasteiger partial charge < -0.3 is 4.74 Å². The van der Waals surface area contributed by atoms with Gasteiger partial charge in [0.05, 0.1) is 12.7 Å². The summed E-state index contributed by atoms with van der Waals surface area (Å²) in [5.74, 6) is 0.606. The zero-order valence-electron chi connectivity index (χ0n) is 9.81. The first-order valence-electron chi connectivity index (χ1n) is 5.31. The molecule has 17 heavy (non-hydrogen) atoms. The van der Waals surface area contributed by atoms with Crippen LogP contribution >= 0.6 is 0 Å².